The van der Waals surface area contributed by atoms with Crippen molar-refractivity contribution in [2.75, 3.05) is 53.5 Å². The van der Waals surface area contributed by atoms with Gasteiger partial charge < -0.3 is 29.1 Å². The van der Waals surface area contributed by atoms with E-state index in [1.807, 2.05) is 23.1 Å². The smallest absolute Gasteiger partial charge is 0.317 e. The molecule has 0 bridgehead atoms. The third-order valence-corrected chi connectivity index (χ3v) is 6.37. The van der Waals surface area contributed by atoms with E-state index in [1.165, 1.54) is 6.42 Å². The molecule has 0 aliphatic carbocycles. The Balaban J connectivity index is 1.24. The van der Waals surface area contributed by atoms with Crippen LogP contribution in [0.15, 0.2) is 22.7 Å². The first kappa shape index (κ1) is 22.4. The molecule has 0 unspecified atom stereocenters. The van der Waals surface area contributed by atoms with Gasteiger partial charge in [0.2, 0.25) is 11.7 Å². The fraction of sp³-hybridized carbons (Fsp3) is 0.609. The largest absolute Gasteiger partial charge is 0.493 e. The van der Waals surface area contributed by atoms with Gasteiger partial charge in [0.1, 0.15) is 0 Å². The standard InChI is InChI=1S/C23H33N5O4/c1-30-19-7-6-18(16-20(19)31-2)21-25-22(32-26-21)17-8-13-27(14-9-17)15-10-24-23(29)28-11-4-3-5-12-28/h6-7,16-17H,3-5,8-15H2,1-2H3,(H,24,29). The number of nitrogens with zero attached hydrogens (tertiary/aromatic N) is 4. The minimum atomic E-state index is 0.0770. The minimum Gasteiger partial charge on any atom is -0.493 e. The molecule has 1 N–H and O–H groups in total. The van der Waals surface area contributed by atoms with E-state index in [-0.39, 0.29) is 11.9 Å². The number of benzene rings is 1. The molecule has 0 spiro atoms. The molecule has 2 amide bonds. The Morgan fingerprint density at radius 2 is 1.84 bits per heavy atom. The molecule has 32 heavy (non-hydrogen) atoms. The number of aromatic nitrogens is 2. The fourth-order valence-corrected chi connectivity index (χ4v) is 4.43. The van der Waals surface area contributed by atoms with Gasteiger partial charge in [-0.15, -0.1) is 0 Å². The van der Waals surface area contributed by atoms with Gasteiger partial charge >= 0.3 is 6.03 Å². The van der Waals surface area contributed by atoms with Gasteiger partial charge in [0.25, 0.3) is 0 Å². The summed E-state index contributed by atoms with van der Waals surface area (Å²) in [5.74, 6) is 2.81. The molecule has 2 aliphatic heterocycles. The molecule has 2 aromatic rings. The van der Waals surface area contributed by atoms with Crippen molar-refractivity contribution in [3.63, 3.8) is 0 Å². The number of likely N-dealkylation sites (tertiary alicyclic amines) is 2. The van der Waals surface area contributed by atoms with E-state index in [4.69, 9.17) is 14.0 Å². The van der Waals surface area contributed by atoms with Crippen molar-refractivity contribution in [3.05, 3.63) is 24.1 Å². The van der Waals surface area contributed by atoms with Crippen LogP contribution in [-0.2, 0) is 0 Å². The Labute approximate surface area is 189 Å². The maximum atomic E-state index is 12.2. The van der Waals surface area contributed by atoms with Gasteiger partial charge in [-0.25, -0.2) is 4.79 Å². The molecule has 0 radical (unpaired) electrons. The fourth-order valence-electron chi connectivity index (χ4n) is 4.43. The minimum absolute atomic E-state index is 0.0770. The molecule has 2 saturated heterocycles. The van der Waals surface area contributed by atoms with Gasteiger partial charge in [-0.3, -0.25) is 0 Å². The van der Waals surface area contributed by atoms with Crippen molar-refractivity contribution in [2.45, 2.75) is 38.0 Å². The van der Waals surface area contributed by atoms with Gasteiger partial charge in [0.05, 0.1) is 14.2 Å². The summed E-state index contributed by atoms with van der Waals surface area (Å²) in [6, 6.07) is 5.67. The van der Waals surface area contributed by atoms with E-state index in [9.17, 15) is 4.79 Å². The molecule has 9 heteroatoms. The van der Waals surface area contributed by atoms with Crippen molar-refractivity contribution >= 4 is 6.03 Å². The van der Waals surface area contributed by atoms with E-state index >= 15 is 0 Å². The molecule has 9 nitrogen and oxygen atoms in total. The average Bonchev–Trinajstić information content (AvgIpc) is 3.35. The summed E-state index contributed by atoms with van der Waals surface area (Å²) in [5.41, 5.74) is 0.833. The summed E-state index contributed by atoms with van der Waals surface area (Å²) in [6.45, 7) is 5.23. The lowest BCUT2D eigenvalue weighted by Gasteiger charge is -2.31. The summed E-state index contributed by atoms with van der Waals surface area (Å²) >= 11 is 0. The topological polar surface area (TPSA) is 93.0 Å². The lowest BCUT2D eigenvalue weighted by molar-refractivity contribution is 0.176. The van der Waals surface area contributed by atoms with Gasteiger partial charge in [-0.1, -0.05) is 5.16 Å². The van der Waals surface area contributed by atoms with E-state index in [0.717, 1.165) is 64.0 Å². The van der Waals surface area contributed by atoms with Crippen LogP contribution in [0.2, 0.25) is 0 Å². The zero-order valence-corrected chi connectivity index (χ0v) is 19.0. The summed E-state index contributed by atoms with van der Waals surface area (Å²) in [4.78, 5) is 21.2. The predicted octanol–water partition coefficient (Wildman–Crippen LogP) is 3.13. The van der Waals surface area contributed by atoms with Crippen LogP contribution in [0.3, 0.4) is 0 Å². The first-order valence-electron chi connectivity index (χ1n) is 11.5. The second-order valence-electron chi connectivity index (χ2n) is 8.42. The van der Waals surface area contributed by atoms with Crippen molar-refractivity contribution < 1.29 is 18.8 Å². The number of piperidine rings is 2. The van der Waals surface area contributed by atoms with Gasteiger partial charge in [0.15, 0.2) is 11.5 Å². The normalized spacial score (nSPS) is 17.9. The Hall–Kier alpha value is -2.81. The lowest BCUT2D eigenvalue weighted by Crippen LogP contribution is -2.45. The van der Waals surface area contributed by atoms with E-state index < -0.39 is 0 Å². The second kappa shape index (κ2) is 10.7. The Bertz CT molecular complexity index is 888. The van der Waals surface area contributed by atoms with E-state index in [2.05, 4.69) is 20.4 Å². The number of carbonyl (C=O) groups excluding carboxylic acids is 1. The van der Waals surface area contributed by atoms with Gasteiger partial charge in [-0.2, -0.15) is 4.98 Å². The number of nitrogens with one attached hydrogen (secondary N) is 1. The zero-order valence-electron chi connectivity index (χ0n) is 19.0. The summed E-state index contributed by atoms with van der Waals surface area (Å²) in [6.07, 6.45) is 5.39. The number of ether oxygens (including phenoxy) is 2. The van der Waals surface area contributed by atoms with Crippen LogP contribution in [0.25, 0.3) is 11.4 Å². The number of amides is 2. The first-order chi connectivity index (χ1) is 15.7. The zero-order chi connectivity index (χ0) is 22.3. The molecule has 3 heterocycles. The highest BCUT2D eigenvalue weighted by molar-refractivity contribution is 5.74. The van der Waals surface area contributed by atoms with Gasteiger partial charge in [0, 0.05) is 37.7 Å². The van der Waals surface area contributed by atoms with Crippen LogP contribution in [-0.4, -0.2) is 79.5 Å². The maximum Gasteiger partial charge on any atom is 0.317 e. The highest BCUT2D eigenvalue weighted by Gasteiger charge is 2.26. The predicted molar refractivity (Wildman–Crippen MR) is 120 cm³/mol. The van der Waals surface area contributed by atoms with Crippen molar-refractivity contribution in [1.29, 1.82) is 0 Å². The molecule has 174 valence electrons. The number of hydrogen-bond acceptors (Lipinski definition) is 7. The van der Waals surface area contributed by atoms with Crippen LogP contribution in [0.5, 0.6) is 11.5 Å². The molecule has 1 aromatic carbocycles. The van der Waals surface area contributed by atoms with Crippen molar-refractivity contribution in [1.82, 2.24) is 25.3 Å². The van der Waals surface area contributed by atoms with Crippen LogP contribution in [0, 0.1) is 0 Å². The number of urea groups is 1. The molecule has 2 fully saturated rings. The van der Waals surface area contributed by atoms with Crippen LogP contribution < -0.4 is 14.8 Å². The molecular weight excluding hydrogens is 410 g/mol. The molecule has 1 aromatic heterocycles. The average molecular weight is 444 g/mol. The maximum absolute atomic E-state index is 12.2. The van der Waals surface area contributed by atoms with Crippen molar-refractivity contribution in [2.24, 2.45) is 0 Å². The Morgan fingerprint density at radius 3 is 2.56 bits per heavy atom. The molecule has 2 aliphatic rings. The van der Waals surface area contributed by atoms with Gasteiger partial charge in [-0.05, 0) is 63.4 Å². The third-order valence-electron chi connectivity index (χ3n) is 6.37. The summed E-state index contributed by atoms with van der Waals surface area (Å²) in [7, 11) is 3.22. The van der Waals surface area contributed by atoms with E-state index in [1.54, 1.807) is 14.2 Å². The highest BCUT2D eigenvalue weighted by atomic mass is 16.5. The second-order valence-corrected chi connectivity index (χ2v) is 8.42. The molecule has 0 saturated carbocycles. The number of hydrogen-bond donors (Lipinski definition) is 1. The highest BCUT2D eigenvalue weighted by Crippen LogP contribution is 2.33. The van der Waals surface area contributed by atoms with Crippen LogP contribution >= 0.6 is 0 Å². The molecule has 4 rings (SSSR count). The molecule has 0 atom stereocenters. The monoisotopic (exact) mass is 443 g/mol. The van der Waals surface area contributed by atoms with Crippen molar-refractivity contribution in [3.8, 4) is 22.9 Å². The quantitative estimate of drug-likeness (QED) is 0.703. The Kier molecular flexibility index (Phi) is 7.47. The van der Waals surface area contributed by atoms with Crippen LogP contribution in [0.4, 0.5) is 4.79 Å². The van der Waals surface area contributed by atoms with Crippen LogP contribution in [0.1, 0.15) is 43.9 Å². The molecular formula is C23H33N5O4. The third kappa shape index (κ3) is 5.32. The van der Waals surface area contributed by atoms with E-state index in [0.29, 0.717) is 29.8 Å². The number of carbonyl (C=O) groups is 1. The Morgan fingerprint density at radius 1 is 1.09 bits per heavy atom. The number of rotatable bonds is 7. The summed E-state index contributed by atoms with van der Waals surface area (Å²) < 4.78 is 16.2. The lowest BCUT2D eigenvalue weighted by atomic mass is 9.97. The summed E-state index contributed by atoms with van der Waals surface area (Å²) in [5, 5.41) is 7.24. The first-order valence-corrected chi connectivity index (χ1v) is 11.5. The SMILES string of the molecule is COc1ccc(-c2noc(C3CCN(CCNC(=O)N4CCCCC4)CC3)n2)cc1OC. The number of methoxy groups -OCH3 is 2.